The number of fused-ring (bicyclic) bond motifs is 4. The zero-order valence-corrected chi connectivity index (χ0v) is 22.6. The third-order valence-corrected chi connectivity index (χ3v) is 8.89. The van der Waals surface area contributed by atoms with Gasteiger partial charge in [-0.25, -0.2) is 9.37 Å². The van der Waals surface area contributed by atoms with Crippen LogP contribution in [0.3, 0.4) is 0 Å². The molecule has 202 valence electrons. The van der Waals surface area contributed by atoms with Gasteiger partial charge in [0.05, 0.1) is 5.69 Å². The monoisotopic (exact) mass is 547 g/mol. The van der Waals surface area contributed by atoms with E-state index in [1.807, 2.05) is 12.1 Å². The molecule has 2 N–H and O–H groups in total. The van der Waals surface area contributed by atoms with E-state index in [1.54, 1.807) is 24.4 Å². The number of halogens is 2. The molecule has 3 saturated heterocycles. The van der Waals surface area contributed by atoms with Crippen molar-refractivity contribution in [1.82, 2.24) is 20.2 Å². The normalized spacial score (nSPS) is 23.3. The maximum atomic E-state index is 16.5. The minimum Gasteiger partial charge on any atom is -0.508 e. The first kappa shape index (κ1) is 24.8. The highest BCUT2D eigenvalue weighted by atomic mass is 35.5. The van der Waals surface area contributed by atoms with Crippen molar-refractivity contribution >= 4 is 39.0 Å². The van der Waals surface area contributed by atoms with Crippen molar-refractivity contribution < 1.29 is 14.2 Å². The molecule has 3 aliphatic rings. The predicted molar refractivity (Wildman–Crippen MR) is 152 cm³/mol. The molecule has 3 fully saturated rings. The van der Waals surface area contributed by atoms with Crippen LogP contribution in [0.15, 0.2) is 42.6 Å². The van der Waals surface area contributed by atoms with Crippen LogP contribution in [0.4, 0.5) is 10.1 Å². The molecular formula is C30H31ClFN5O2. The van der Waals surface area contributed by atoms with Crippen LogP contribution in [0.1, 0.15) is 25.7 Å². The quantitative estimate of drug-likeness (QED) is 0.348. The number of phenolic OH excluding ortho intramolecular Hbond substituents is 1. The van der Waals surface area contributed by atoms with Gasteiger partial charge in [0.1, 0.15) is 23.6 Å². The number of hydrogen-bond acceptors (Lipinski definition) is 7. The van der Waals surface area contributed by atoms with Crippen LogP contribution >= 0.6 is 11.6 Å². The molecule has 3 atom stereocenters. The molecule has 0 amide bonds. The average Bonchev–Trinajstić information content (AvgIpc) is 3.50. The molecule has 0 saturated carbocycles. The van der Waals surface area contributed by atoms with Crippen molar-refractivity contribution in [1.29, 1.82) is 0 Å². The number of aromatic nitrogens is 2. The summed E-state index contributed by atoms with van der Waals surface area (Å²) >= 11 is 6.55. The molecule has 5 heterocycles. The lowest BCUT2D eigenvalue weighted by atomic mass is 10.00. The molecule has 2 unspecified atom stereocenters. The van der Waals surface area contributed by atoms with Crippen LogP contribution in [-0.4, -0.2) is 71.4 Å². The van der Waals surface area contributed by atoms with Crippen molar-refractivity contribution in [2.45, 2.75) is 43.8 Å². The number of nitrogens with one attached hydrogen (secondary N) is 1. The van der Waals surface area contributed by atoms with Crippen LogP contribution in [0.5, 0.6) is 11.6 Å². The second-order valence-corrected chi connectivity index (χ2v) is 11.5. The van der Waals surface area contributed by atoms with Crippen LogP contribution in [0.25, 0.3) is 32.9 Å². The lowest BCUT2D eigenvalue weighted by Crippen LogP contribution is -2.51. The minimum atomic E-state index is -0.554. The average molecular weight is 548 g/mol. The summed E-state index contributed by atoms with van der Waals surface area (Å²) in [6.45, 7) is 3.25. The van der Waals surface area contributed by atoms with Gasteiger partial charge >= 0.3 is 0 Å². The number of rotatable bonds is 5. The van der Waals surface area contributed by atoms with Gasteiger partial charge in [-0.05, 0) is 62.9 Å². The van der Waals surface area contributed by atoms with Crippen LogP contribution in [0.2, 0.25) is 5.02 Å². The van der Waals surface area contributed by atoms with E-state index in [0.29, 0.717) is 57.4 Å². The van der Waals surface area contributed by atoms with Crippen molar-refractivity contribution in [3.8, 4) is 22.9 Å². The number of phenols is 1. The first-order valence-corrected chi connectivity index (χ1v) is 14.1. The maximum Gasteiger partial charge on any atom is 0.216 e. The van der Waals surface area contributed by atoms with E-state index in [9.17, 15) is 5.11 Å². The van der Waals surface area contributed by atoms with E-state index in [1.165, 1.54) is 6.07 Å². The standard InChI is InChI=1S/C30H31ClFN5O2/c1-36-9-3-5-20(36)16-39-26-12-25(37-14-18-7-8-19(15-37)34-18)23-13-33-29(28(32)30(23)35-26)22-11-21(38)10-17-4-2-6-24(31)27(17)22/h2,4,6,10-13,18-20,34,38H,3,5,7-9,14-16H2,1H3/t18?,19?,20-/m0/s1. The highest BCUT2D eigenvalue weighted by Gasteiger charge is 2.34. The fourth-order valence-corrected chi connectivity index (χ4v) is 6.84. The van der Waals surface area contributed by atoms with Gasteiger partial charge in [-0.1, -0.05) is 23.7 Å². The summed E-state index contributed by atoms with van der Waals surface area (Å²) in [5, 5.41) is 16.6. The highest BCUT2D eigenvalue weighted by Crippen LogP contribution is 2.40. The summed E-state index contributed by atoms with van der Waals surface area (Å²) in [5.74, 6) is -0.121. The number of likely N-dealkylation sites (N-methyl/N-ethyl adjacent to an activating group) is 1. The lowest BCUT2D eigenvalue weighted by molar-refractivity contribution is 0.193. The smallest absolute Gasteiger partial charge is 0.216 e. The largest absolute Gasteiger partial charge is 0.508 e. The number of anilines is 1. The molecule has 2 aromatic heterocycles. The summed E-state index contributed by atoms with van der Waals surface area (Å²) in [5.41, 5.74) is 1.63. The molecular weight excluding hydrogens is 517 g/mol. The maximum absolute atomic E-state index is 16.5. The van der Waals surface area contributed by atoms with Gasteiger partial charge in [-0.2, -0.15) is 0 Å². The Hall–Kier alpha value is -3.20. The topological polar surface area (TPSA) is 73.8 Å². The Labute approximate surface area is 231 Å². The Kier molecular flexibility index (Phi) is 6.21. The van der Waals surface area contributed by atoms with E-state index in [-0.39, 0.29) is 17.0 Å². The van der Waals surface area contributed by atoms with E-state index in [2.05, 4.69) is 32.1 Å². The van der Waals surface area contributed by atoms with E-state index >= 15 is 4.39 Å². The van der Waals surface area contributed by atoms with Gasteiger partial charge in [0, 0.05) is 64.8 Å². The summed E-state index contributed by atoms with van der Waals surface area (Å²) in [7, 11) is 2.11. The Bertz CT molecular complexity index is 1570. The van der Waals surface area contributed by atoms with Gasteiger partial charge in [-0.3, -0.25) is 4.98 Å². The third-order valence-electron chi connectivity index (χ3n) is 8.57. The molecule has 7 nitrogen and oxygen atoms in total. The molecule has 39 heavy (non-hydrogen) atoms. The van der Waals surface area contributed by atoms with Gasteiger partial charge in [-0.15, -0.1) is 0 Å². The summed E-state index contributed by atoms with van der Waals surface area (Å²) in [6.07, 6.45) is 6.20. The number of benzene rings is 2. The molecule has 0 aliphatic carbocycles. The fraction of sp³-hybridized carbons (Fsp3) is 0.400. The molecule has 2 bridgehead atoms. The van der Waals surface area contributed by atoms with Crippen LogP contribution in [-0.2, 0) is 0 Å². The number of piperazine rings is 1. The fourth-order valence-electron chi connectivity index (χ4n) is 6.55. The predicted octanol–water partition coefficient (Wildman–Crippen LogP) is 5.36. The Morgan fingerprint density at radius 2 is 1.97 bits per heavy atom. The van der Waals surface area contributed by atoms with E-state index < -0.39 is 5.82 Å². The molecule has 9 heteroatoms. The second-order valence-electron chi connectivity index (χ2n) is 11.1. The zero-order chi connectivity index (χ0) is 26.7. The van der Waals surface area contributed by atoms with Crippen LogP contribution < -0.4 is 15.0 Å². The molecule has 7 rings (SSSR count). The minimum absolute atomic E-state index is 0.0174. The van der Waals surface area contributed by atoms with Gasteiger partial charge in [0.15, 0.2) is 5.82 Å². The van der Waals surface area contributed by atoms with Gasteiger partial charge in [0.2, 0.25) is 5.88 Å². The molecule has 0 radical (unpaired) electrons. The molecule has 4 aromatic rings. The van der Waals surface area contributed by atoms with Gasteiger partial charge < -0.3 is 25.0 Å². The number of pyridine rings is 2. The molecule has 2 aromatic carbocycles. The summed E-state index contributed by atoms with van der Waals surface area (Å²) in [6, 6.07) is 11.6. The highest BCUT2D eigenvalue weighted by molar-refractivity contribution is 6.36. The van der Waals surface area contributed by atoms with Crippen molar-refractivity contribution in [3.05, 3.63) is 53.4 Å². The van der Waals surface area contributed by atoms with Crippen molar-refractivity contribution in [2.75, 3.05) is 38.2 Å². The summed E-state index contributed by atoms with van der Waals surface area (Å²) in [4.78, 5) is 13.9. The SMILES string of the molecule is CN1CCC[C@H]1COc1cc(N2CC3CCC(C2)N3)c2cnc(-c3cc(O)cc4cccc(Cl)c34)c(F)c2n1. The van der Waals surface area contributed by atoms with Crippen molar-refractivity contribution in [2.24, 2.45) is 0 Å². The lowest BCUT2D eigenvalue weighted by Gasteiger charge is -2.35. The number of aromatic hydroxyl groups is 1. The van der Waals surface area contributed by atoms with Gasteiger partial charge in [0.25, 0.3) is 0 Å². The van der Waals surface area contributed by atoms with E-state index in [4.69, 9.17) is 16.3 Å². The van der Waals surface area contributed by atoms with E-state index in [0.717, 1.165) is 51.0 Å². The number of ether oxygens (including phenoxy) is 1. The molecule has 0 spiro atoms. The number of hydrogen-bond donors (Lipinski definition) is 2. The summed E-state index contributed by atoms with van der Waals surface area (Å²) < 4.78 is 22.7. The van der Waals surface area contributed by atoms with Crippen LogP contribution in [0, 0.1) is 5.82 Å². The first-order chi connectivity index (χ1) is 18.9. The Morgan fingerprint density at radius 3 is 2.74 bits per heavy atom. The van der Waals surface area contributed by atoms with Crippen molar-refractivity contribution in [3.63, 3.8) is 0 Å². The first-order valence-electron chi connectivity index (χ1n) is 13.7. The Balaban J connectivity index is 1.37. The third kappa shape index (κ3) is 4.44. The number of nitrogens with zero attached hydrogens (tertiary/aromatic N) is 4. The Morgan fingerprint density at radius 1 is 1.15 bits per heavy atom. The number of likely N-dealkylation sites (tertiary alicyclic amines) is 1. The zero-order valence-electron chi connectivity index (χ0n) is 21.8. The second kappa shape index (κ2) is 9.77. The molecule has 3 aliphatic heterocycles.